The zero-order valence-electron chi connectivity index (χ0n) is 14.7. The molecule has 4 rings (SSSR count). The molecule has 0 bridgehead atoms. The SMILES string of the molecule is Cc1c([C@H](C)NCc2cc3c(cc2Cl)OCO3)cnn1-c1ccccc1. The molecule has 0 fully saturated rings. The molecule has 1 atom stereocenters. The first-order valence-corrected chi connectivity index (χ1v) is 8.92. The molecule has 1 aromatic heterocycles. The third-order valence-electron chi connectivity index (χ3n) is 4.66. The number of benzene rings is 2. The lowest BCUT2D eigenvalue weighted by molar-refractivity contribution is 0.174. The van der Waals surface area contributed by atoms with Gasteiger partial charge in [-0.1, -0.05) is 29.8 Å². The second-order valence-corrected chi connectivity index (χ2v) is 6.74. The summed E-state index contributed by atoms with van der Waals surface area (Å²) in [5, 5.41) is 8.73. The highest BCUT2D eigenvalue weighted by molar-refractivity contribution is 6.31. The van der Waals surface area contributed by atoms with E-state index in [4.69, 9.17) is 21.1 Å². The van der Waals surface area contributed by atoms with Crippen LogP contribution in [0.1, 0.15) is 29.8 Å². The van der Waals surface area contributed by atoms with E-state index in [0.717, 1.165) is 28.3 Å². The summed E-state index contributed by atoms with van der Waals surface area (Å²) in [6.07, 6.45) is 1.92. The Balaban J connectivity index is 1.49. The van der Waals surface area contributed by atoms with Gasteiger partial charge >= 0.3 is 0 Å². The Labute approximate surface area is 157 Å². The van der Waals surface area contributed by atoms with Crippen molar-refractivity contribution < 1.29 is 9.47 Å². The average Bonchev–Trinajstić information content (AvgIpc) is 3.26. The van der Waals surface area contributed by atoms with Crippen LogP contribution in [0.4, 0.5) is 0 Å². The van der Waals surface area contributed by atoms with Crippen LogP contribution < -0.4 is 14.8 Å². The minimum absolute atomic E-state index is 0.133. The van der Waals surface area contributed by atoms with Crippen molar-refractivity contribution in [1.82, 2.24) is 15.1 Å². The molecule has 0 radical (unpaired) electrons. The van der Waals surface area contributed by atoms with E-state index in [0.29, 0.717) is 17.3 Å². The fourth-order valence-corrected chi connectivity index (χ4v) is 3.37. The Hall–Kier alpha value is -2.50. The summed E-state index contributed by atoms with van der Waals surface area (Å²) in [5.74, 6) is 1.44. The van der Waals surface area contributed by atoms with Crippen molar-refractivity contribution in [2.75, 3.05) is 6.79 Å². The maximum Gasteiger partial charge on any atom is 0.231 e. The molecule has 6 heteroatoms. The maximum atomic E-state index is 6.36. The molecule has 1 aliphatic rings. The smallest absolute Gasteiger partial charge is 0.231 e. The van der Waals surface area contributed by atoms with Gasteiger partial charge < -0.3 is 14.8 Å². The molecule has 1 aliphatic heterocycles. The topological polar surface area (TPSA) is 48.3 Å². The summed E-state index contributed by atoms with van der Waals surface area (Å²) in [6, 6.07) is 14.0. The van der Waals surface area contributed by atoms with E-state index in [1.165, 1.54) is 0 Å². The number of nitrogens with one attached hydrogen (secondary N) is 1. The number of nitrogens with zero attached hydrogens (tertiary/aromatic N) is 2. The van der Waals surface area contributed by atoms with Crippen molar-refractivity contribution in [1.29, 1.82) is 0 Å². The van der Waals surface area contributed by atoms with Crippen LogP contribution in [0.25, 0.3) is 5.69 Å². The summed E-state index contributed by atoms with van der Waals surface area (Å²) >= 11 is 6.36. The number of hydrogen-bond donors (Lipinski definition) is 1. The van der Waals surface area contributed by atoms with Gasteiger partial charge in [-0.2, -0.15) is 5.10 Å². The molecule has 3 aromatic rings. The molecule has 0 amide bonds. The highest BCUT2D eigenvalue weighted by Gasteiger charge is 2.18. The third-order valence-corrected chi connectivity index (χ3v) is 5.01. The van der Waals surface area contributed by atoms with Crippen molar-refractivity contribution in [2.45, 2.75) is 26.4 Å². The Morgan fingerprint density at radius 3 is 2.69 bits per heavy atom. The van der Waals surface area contributed by atoms with Crippen LogP contribution in [0.15, 0.2) is 48.7 Å². The van der Waals surface area contributed by atoms with E-state index < -0.39 is 0 Å². The summed E-state index contributed by atoms with van der Waals surface area (Å²) in [4.78, 5) is 0. The number of hydrogen-bond acceptors (Lipinski definition) is 4. The molecule has 0 unspecified atom stereocenters. The first kappa shape index (κ1) is 16.9. The summed E-state index contributed by atoms with van der Waals surface area (Å²) in [7, 11) is 0. The van der Waals surface area contributed by atoms with Gasteiger partial charge in [-0.3, -0.25) is 0 Å². The monoisotopic (exact) mass is 369 g/mol. The lowest BCUT2D eigenvalue weighted by Gasteiger charge is -2.15. The lowest BCUT2D eigenvalue weighted by Crippen LogP contribution is -2.19. The highest BCUT2D eigenvalue weighted by Crippen LogP contribution is 2.37. The van der Waals surface area contributed by atoms with Crippen LogP contribution >= 0.6 is 11.6 Å². The number of ether oxygens (including phenoxy) is 2. The molecule has 0 spiro atoms. The average molecular weight is 370 g/mol. The van der Waals surface area contributed by atoms with E-state index in [2.05, 4.69) is 24.3 Å². The van der Waals surface area contributed by atoms with E-state index in [1.807, 2.05) is 53.3 Å². The standard InChI is InChI=1S/C20H20ClN3O2/c1-13(17-11-23-24(14(17)2)16-6-4-3-5-7-16)22-10-15-8-19-20(9-18(15)21)26-12-25-19/h3-9,11,13,22H,10,12H2,1-2H3/t13-/m0/s1. The number of para-hydroxylation sites is 1. The Morgan fingerprint density at radius 1 is 1.19 bits per heavy atom. The predicted molar refractivity (Wildman–Crippen MR) is 101 cm³/mol. The van der Waals surface area contributed by atoms with Crippen LogP contribution in [-0.2, 0) is 6.54 Å². The lowest BCUT2D eigenvalue weighted by atomic mass is 10.1. The molecule has 5 nitrogen and oxygen atoms in total. The minimum atomic E-state index is 0.133. The van der Waals surface area contributed by atoms with E-state index >= 15 is 0 Å². The first-order chi connectivity index (χ1) is 12.6. The van der Waals surface area contributed by atoms with Gasteiger partial charge in [0, 0.05) is 34.9 Å². The van der Waals surface area contributed by atoms with Gasteiger partial charge in [0.1, 0.15) is 0 Å². The largest absolute Gasteiger partial charge is 0.454 e. The van der Waals surface area contributed by atoms with Gasteiger partial charge in [0.05, 0.1) is 11.9 Å². The molecule has 0 saturated heterocycles. The Bertz CT molecular complexity index is 924. The number of fused-ring (bicyclic) bond motifs is 1. The fraction of sp³-hybridized carbons (Fsp3) is 0.250. The molecule has 1 N–H and O–H groups in total. The van der Waals surface area contributed by atoms with E-state index in [1.54, 1.807) is 0 Å². The summed E-state index contributed by atoms with van der Waals surface area (Å²) < 4.78 is 12.7. The molecule has 26 heavy (non-hydrogen) atoms. The van der Waals surface area contributed by atoms with Crippen LogP contribution in [-0.4, -0.2) is 16.6 Å². The van der Waals surface area contributed by atoms with E-state index in [-0.39, 0.29) is 12.8 Å². The van der Waals surface area contributed by atoms with Crippen molar-refractivity contribution >= 4 is 11.6 Å². The maximum absolute atomic E-state index is 6.36. The molecule has 0 saturated carbocycles. The van der Waals surface area contributed by atoms with Gasteiger partial charge in [-0.25, -0.2) is 4.68 Å². The van der Waals surface area contributed by atoms with Gasteiger partial charge in [-0.05, 0) is 37.6 Å². The molecule has 0 aliphatic carbocycles. The predicted octanol–water partition coefficient (Wildman–Crippen LogP) is 4.41. The molecule has 2 heterocycles. The highest BCUT2D eigenvalue weighted by atomic mass is 35.5. The van der Waals surface area contributed by atoms with E-state index in [9.17, 15) is 0 Å². The number of rotatable bonds is 5. The Kier molecular flexibility index (Phi) is 4.57. The third kappa shape index (κ3) is 3.16. The molecule has 2 aromatic carbocycles. The van der Waals surface area contributed by atoms with Crippen molar-refractivity contribution in [3.63, 3.8) is 0 Å². The van der Waals surface area contributed by atoms with Gasteiger partial charge in [0.25, 0.3) is 0 Å². The van der Waals surface area contributed by atoms with Crippen molar-refractivity contribution in [3.8, 4) is 17.2 Å². The van der Waals surface area contributed by atoms with Gasteiger partial charge in [0.2, 0.25) is 6.79 Å². The summed E-state index contributed by atoms with van der Waals surface area (Å²) in [6.45, 7) is 5.09. The second kappa shape index (κ2) is 7.02. The normalized spacial score (nSPS) is 13.8. The van der Waals surface area contributed by atoms with Crippen LogP contribution in [0, 0.1) is 6.92 Å². The summed E-state index contributed by atoms with van der Waals surface area (Å²) in [5.41, 5.74) is 4.32. The zero-order valence-corrected chi connectivity index (χ0v) is 15.5. The van der Waals surface area contributed by atoms with Crippen molar-refractivity contribution in [2.24, 2.45) is 0 Å². The van der Waals surface area contributed by atoms with Crippen LogP contribution in [0.3, 0.4) is 0 Å². The fourth-order valence-electron chi connectivity index (χ4n) is 3.14. The number of halogens is 1. The Morgan fingerprint density at radius 2 is 1.92 bits per heavy atom. The van der Waals surface area contributed by atoms with Crippen LogP contribution in [0.2, 0.25) is 5.02 Å². The van der Waals surface area contributed by atoms with Gasteiger partial charge in [0.15, 0.2) is 11.5 Å². The molecular formula is C20H20ClN3O2. The molecule has 134 valence electrons. The van der Waals surface area contributed by atoms with Crippen LogP contribution in [0.5, 0.6) is 11.5 Å². The second-order valence-electron chi connectivity index (χ2n) is 6.33. The zero-order chi connectivity index (χ0) is 18.1. The van der Waals surface area contributed by atoms with Crippen molar-refractivity contribution in [3.05, 3.63) is 70.5 Å². The number of aromatic nitrogens is 2. The first-order valence-electron chi connectivity index (χ1n) is 8.55. The quantitative estimate of drug-likeness (QED) is 0.723. The molecular weight excluding hydrogens is 350 g/mol. The van der Waals surface area contributed by atoms with Gasteiger partial charge in [-0.15, -0.1) is 0 Å². The minimum Gasteiger partial charge on any atom is -0.454 e.